The zero-order valence-electron chi connectivity index (χ0n) is 9.84. The molecular weight excluding hydrogens is 303 g/mol. The topological polar surface area (TPSA) is 76.2 Å². The van der Waals surface area contributed by atoms with Crippen molar-refractivity contribution in [3.8, 4) is 17.6 Å². The minimum Gasteiger partial charge on any atom is -0.453 e. The molecule has 7 heteroatoms. The van der Waals surface area contributed by atoms with Crippen molar-refractivity contribution in [3.63, 3.8) is 0 Å². The molecule has 0 saturated carbocycles. The molecule has 0 heterocycles. The quantitative estimate of drug-likeness (QED) is 0.615. The summed E-state index contributed by atoms with van der Waals surface area (Å²) in [7, 11) is 0. The lowest BCUT2D eigenvalue weighted by Crippen LogP contribution is -1.93. The third-order valence-electron chi connectivity index (χ3n) is 2.41. The first-order valence-electron chi connectivity index (χ1n) is 5.33. The number of para-hydroxylation sites is 1. The van der Waals surface area contributed by atoms with E-state index in [2.05, 4.69) is 0 Å². The van der Waals surface area contributed by atoms with Crippen molar-refractivity contribution in [1.29, 1.82) is 5.26 Å². The van der Waals surface area contributed by atoms with Crippen molar-refractivity contribution in [2.75, 3.05) is 0 Å². The molecule has 0 N–H and O–H groups in total. The van der Waals surface area contributed by atoms with Gasteiger partial charge in [-0.3, -0.25) is 10.1 Å². The normalized spacial score (nSPS) is 9.85. The molecule has 0 radical (unpaired) electrons. The van der Waals surface area contributed by atoms with Gasteiger partial charge < -0.3 is 4.74 Å². The highest BCUT2D eigenvalue weighted by Gasteiger charge is 2.17. The van der Waals surface area contributed by atoms with Gasteiger partial charge >= 0.3 is 0 Å². The van der Waals surface area contributed by atoms with E-state index >= 15 is 0 Å². The van der Waals surface area contributed by atoms with E-state index in [9.17, 15) is 10.1 Å². The molecule has 0 aromatic heterocycles. The Morgan fingerprint density at radius 2 is 1.80 bits per heavy atom. The fourth-order valence-electron chi connectivity index (χ4n) is 1.51. The average Bonchev–Trinajstić information content (AvgIpc) is 2.42. The van der Waals surface area contributed by atoms with Crippen molar-refractivity contribution in [2.24, 2.45) is 0 Å². The van der Waals surface area contributed by atoms with Crippen LogP contribution in [0.3, 0.4) is 0 Å². The first-order chi connectivity index (χ1) is 9.52. The highest BCUT2D eigenvalue weighted by atomic mass is 35.5. The number of nitro groups is 1. The summed E-state index contributed by atoms with van der Waals surface area (Å²) in [5, 5.41) is 19.6. The number of benzene rings is 2. The number of rotatable bonds is 3. The molecule has 0 unspecified atom stereocenters. The smallest absolute Gasteiger partial charge is 0.272 e. The van der Waals surface area contributed by atoms with Crippen LogP contribution in [0.1, 0.15) is 5.56 Å². The van der Waals surface area contributed by atoms with Gasteiger partial charge in [0.25, 0.3) is 5.69 Å². The molecule has 100 valence electrons. The monoisotopic (exact) mass is 308 g/mol. The van der Waals surface area contributed by atoms with Gasteiger partial charge in [-0.15, -0.1) is 0 Å². The maximum atomic E-state index is 10.7. The number of hydrogen-bond donors (Lipinski definition) is 0. The van der Waals surface area contributed by atoms with E-state index in [1.54, 1.807) is 24.3 Å². The fourth-order valence-corrected chi connectivity index (χ4v) is 2.06. The predicted octanol–water partition coefficient (Wildman–Crippen LogP) is 4.57. The Hall–Kier alpha value is -2.29. The Morgan fingerprint density at radius 1 is 1.20 bits per heavy atom. The SMILES string of the molecule is N#Cc1ccccc1Oc1c(Cl)cc([N+](=O)[O-])cc1Cl. The largest absolute Gasteiger partial charge is 0.453 e. The standard InChI is InChI=1S/C13H6Cl2N2O3/c14-10-5-9(17(18)19)6-11(15)13(10)20-12-4-2-1-3-8(12)7-16/h1-6H. The van der Waals surface area contributed by atoms with Crippen LogP contribution in [-0.2, 0) is 0 Å². The Bertz CT molecular complexity index is 703. The van der Waals surface area contributed by atoms with Gasteiger partial charge in [-0.2, -0.15) is 5.26 Å². The molecule has 0 aliphatic heterocycles. The summed E-state index contributed by atoms with van der Waals surface area (Å²) in [4.78, 5) is 10.1. The minimum atomic E-state index is -0.606. The van der Waals surface area contributed by atoms with Crippen LogP contribution in [0.2, 0.25) is 10.0 Å². The molecule has 2 aromatic rings. The fraction of sp³-hybridized carbons (Fsp3) is 0. The van der Waals surface area contributed by atoms with E-state index in [1.165, 1.54) is 0 Å². The molecule has 0 bridgehead atoms. The van der Waals surface area contributed by atoms with Crippen molar-refractivity contribution in [2.45, 2.75) is 0 Å². The first kappa shape index (κ1) is 14.1. The van der Waals surface area contributed by atoms with Crippen LogP contribution in [0, 0.1) is 21.4 Å². The van der Waals surface area contributed by atoms with E-state index in [4.69, 9.17) is 33.2 Å². The number of halogens is 2. The Balaban J connectivity index is 2.45. The van der Waals surface area contributed by atoms with Crippen LogP contribution in [0.5, 0.6) is 11.5 Å². The van der Waals surface area contributed by atoms with Gasteiger partial charge in [-0.1, -0.05) is 35.3 Å². The summed E-state index contributed by atoms with van der Waals surface area (Å²) >= 11 is 11.9. The van der Waals surface area contributed by atoms with E-state index in [0.29, 0.717) is 5.56 Å². The summed E-state index contributed by atoms with van der Waals surface area (Å²) in [6.45, 7) is 0. The Morgan fingerprint density at radius 3 is 2.35 bits per heavy atom. The van der Waals surface area contributed by atoms with Gasteiger partial charge in [0, 0.05) is 12.1 Å². The molecule has 0 aliphatic rings. The van der Waals surface area contributed by atoms with Gasteiger partial charge in [0.05, 0.1) is 20.5 Å². The lowest BCUT2D eigenvalue weighted by Gasteiger charge is -2.10. The maximum Gasteiger partial charge on any atom is 0.272 e. The van der Waals surface area contributed by atoms with Crippen LogP contribution >= 0.6 is 23.2 Å². The first-order valence-corrected chi connectivity index (χ1v) is 6.09. The Labute approximate surface area is 124 Å². The van der Waals surface area contributed by atoms with Crippen molar-refractivity contribution >= 4 is 28.9 Å². The molecule has 0 amide bonds. The molecular formula is C13H6Cl2N2O3. The zero-order chi connectivity index (χ0) is 14.7. The van der Waals surface area contributed by atoms with Gasteiger partial charge in [0.1, 0.15) is 11.8 Å². The lowest BCUT2D eigenvalue weighted by molar-refractivity contribution is -0.384. The van der Waals surface area contributed by atoms with Crippen LogP contribution in [0.4, 0.5) is 5.69 Å². The number of ether oxygens (including phenoxy) is 1. The Kier molecular flexibility index (Phi) is 4.08. The molecule has 5 nitrogen and oxygen atoms in total. The lowest BCUT2D eigenvalue weighted by atomic mass is 10.2. The number of nitro benzene ring substituents is 1. The van der Waals surface area contributed by atoms with E-state index in [0.717, 1.165) is 12.1 Å². The van der Waals surface area contributed by atoms with Crippen molar-refractivity contribution in [1.82, 2.24) is 0 Å². The molecule has 0 fully saturated rings. The highest BCUT2D eigenvalue weighted by Crippen LogP contribution is 2.39. The molecule has 2 aromatic carbocycles. The minimum absolute atomic E-state index is 0.00283. The van der Waals surface area contributed by atoms with Crippen LogP contribution < -0.4 is 4.74 Å². The van der Waals surface area contributed by atoms with E-state index < -0.39 is 4.92 Å². The maximum absolute atomic E-state index is 10.7. The van der Waals surface area contributed by atoms with Crippen LogP contribution in [-0.4, -0.2) is 4.92 Å². The van der Waals surface area contributed by atoms with Crippen LogP contribution in [0.15, 0.2) is 36.4 Å². The summed E-state index contributed by atoms with van der Waals surface area (Å²) < 4.78 is 5.49. The van der Waals surface area contributed by atoms with Crippen LogP contribution in [0.25, 0.3) is 0 Å². The summed E-state index contributed by atoms with van der Waals surface area (Å²) in [6, 6.07) is 10.8. The third kappa shape index (κ3) is 2.82. The molecule has 0 aliphatic carbocycles. The summed E-state index contributed by atoms with van der Waals surface area (Å²) in [5.41, 5.74) is 0.0684. The van der Waals surface area contributed by atoms with Gasteiger partial charge in [-0.25, -0.2) is 0 Å². The molecule has 20 heavy (non-hydrogen) atoms. The average molecular weight is 309 g/mol. The number of non-ortho nitro benzene ring substituents is 1. The summed E-state index contributed by atoms with van der Waals surface area (Å²) in [5.74, 6) is 0.342. The van der Waals surface area contributed by atoms with Gasteiger partial charge in [0.2, 0.25) is 0 Å². The number of nitriles is 1. The van der Waals surface area contributed by atoms with Crippen molar-refractivity contribution in [3.05, 3.63) is 62.1 Å². The number of nitrogens with zero attached hydrogens (tertiary/aromatic N) is 2. The molecule has 0 atom stereocenters. The predicted molar refractivity (Wildman–Crippen MR) is 74.3 cm³/mol. The second-order valence-corrected chi connectivity index (χ2v) is 4.52. The second kappa shape index (κ2) is 5.78. The number of hydrogen-bond acceptors (Lipinski definition) is 4. The van der Waals surface area contributed by atoms with E-state index in [1.807, 2.05) is 6.07 Å². The molecule has 2 rings (SSSR count). The highest BCUT2D eigenvalue weighted by molar-refractivity contribution is 6.37. The van der Waals surface area contributed by atoms with Crippen molar-refractivity contribution < 1.29 is 9.66 Å². The molecule has 0 saturated heterocycles. The zero-order valence-corrected chi connectivity index (χ0v) is 11.4. The second-order valence-electron chi connectivity index (χ2n) is 3.71. The van der Waals surface area contributed by atoms with Gasteiger partial charge in [-0.05, 0) is 12.1 Å². The van der Waals surface area contributed by atoms with Gasteiger partial charge in [0.15, 0.2) is 5.75 Å². The third-order valence-corrected chi connectivity index (χ3v) is 2.97. The molecule has 0 spiro atoms. The van der Waals surface area contributed by atoms with E-state index in [-0.39, 0.29) is 27.2 Å². The summed E-state index contributed by atoms with van der Waals surface area (Å²) in [6.07, 6.45) is 0.